The molecule has 0 saturated heterocycles. The van der Waals surface area contributed by atoms with Crippen LogP contribution in [0.15, 0.2) is 87.3 Å². The van der Waals surface area contributed by atoms with Crippen molar-refractivity contribution in [2.24, 2.45) is 11.7 Å². The van der Waals surface area contributed by atoms with E-state index >= 15 is 0 Å². The Hall–Kier alpha value is -4.18. The highest BCUT2D eigenvalue weighted by atomic mass is 16.6. The van der Waals surface area contributed by atoms with E-state index in [4.69, 9.17) is 19.6 Å². The van der Waals surface area contributed by atoms with Crippen molar-refractivity contribution in [3.05, 3.63) is 111 Å². The number of ether oxygens (including phenoxy) is 2. The van der Waals surface area contributed by atoms with Gasteiger partial charge in [0, 0.05) is 54.8 Å². The number of allylic oxidation sites excluding steroid dienone is 2. The normalized spacial score (nSPS) is 26.1. The number of nitrogens with two attached hydrogens (primary N) is 1. The lowest BCUT2D eigenvalue weighted by Crippen LogP contribution is -2.65. The average molecular weight is 613 g/mol. The molecule has 0 radical (unpaired) electrons. The Bertz CT molecular complexity index is 1790. The fraction of sp³-hybridized carbons (Fsp3) is 0.389. The summed E-state index contributed by atoms with van der Waals surface area (Å²) in [4.78, 5) is 26.4. The molecular weight excluding hydrogens is 572 g/mol. The number of benzene rings is 2. The van der Waals surface area contributed by atoms with Gasteiger partial charge in [-0.2, -0.15) is 0 Å². The summed E-state index contributed by atoms with van der Waals surface area (Å²) in [5.41, 5.74) is 8.78. The summed E-state index contributed by atoms with van der Waals surface area (Å²) >= 11 is 0. The molecule has 5 unspecified atom stereocenters. The highest BCUT2D eigenvalue weighted by Gasteiger charge is 2.64. The van der Waals surface area contributed by atoms with Gasteiger partial charge in [0.15, 0.2) is 11.2 Å². The number of fused-ring (bicyclic) bond motifs is 3. The minimum Gasteiger partial charge on any atom is -0.481 e. The zero-order valence-corrected chi connectivity index (χ0v) is 25.8. The molecule has 5 atom stereocenters. The number of carbonyl (C=O) groups excluding carboxylic acids is 1. The first-order valence-corrected chi connectivity index (χ1v) is 15.5. The molecule has 1 spiro atoms. The Kier molecular flexibility index (Phi) is 8.20. The number of hydrogen-bond acceptors (Lipinski definition) is 9. The van der Waals surface area contributed by atoms with Gasteiger partial charge in [-0.05, 0) is 80.0 Å². The van der Waals surface area contributed by atoms with Crippen LogP contribution >= 0.6 is 0 Å². The van der Waals surface area contributed by atoms with Crippen LogP contribution in [0.2, 0.25) is 0 Å². The second-order valence-corrected chi connectivity index (χ2v) is 12.6. The number of carbonyl (C=O) groups is 1. The van der Waals surface area contributed by atoms with Crippen molar-refractivity contribution in [2.75, 3.05) is 13.2 Å². The highest BCUT2D eigenvalue weighted by molar-refractivity contribution is 5.88. The second kappa shape index (κ2) is 12.0. The minimum atomic E-state index is -1.10. The molecule has 3 aromatic rings. The van der Waals surface area contributed by atoms with Crippen molar-refractivity contribution >= 4 is 16.9 Å². The van der Waals surface area contributed by atoms with Gasteiger partial charge in [0.1, 0.15) is 11.3 Å². The molecule has 2 aliphatic heterocycles. The number of aliphatic hydroxyl groups is 2. The maximum atomic E-state index is 13.4. The van der Waals surface area contributed by atoms with Gasteiger partial charge >= 0.3 is 11.6 Å². The molecule has 0 amide bonds. The van der Waals surface area contributed by atoms with E-state index in [1.54, 1.807) is 25.1 Å². The van der Waals surface area contributed by atoms with Gasteiger partial charge in [-0.3, -0.25) is 0 Å². The summed E-state index contributed by atoms with van der Waals surface area (Å²) in [5.74, 6) is -0.447. The van der Waals surface area contributed by atoms with Gasteiger partial charge in [-0.1, -0.05) is 36.4 Å². The van der Waals surface area contributed by atoms with Crippen LogP contribution in [0.1, 0.15) is 55.4 Å². The number of aliphatic hydroxyl groups excluding tert-OH is 2. The van der Waals surface area contributed by atoms with E-state index in [-0.39, 0.29) is 31.2 Å². The summed E-state index contributed by atoms with van der Waals surface area (Å²) in [6.45, 7) is 5.27. The quantitative estimate of drug-likeness (QED) is 0.169. The number of nitrogens with one attached hydrogen (secondary N) is 1. The van der Waals surface area contributed by atoms with Crippen LogP contribution in [0.25, 0.3) is 11.0 Å². The van der Waals surface area contributed by atoms with Crippen molar-refractivity contribution in [2.45, 2.75) is 69.7 Å². The van der Waals surface area contributed by atoms with Crippen LogP contribution in [-0.2, 0) is 28.8 Å². The largest absolute Gasteiger partial charge is 0.481 e. The van der Waals surface area contributed by atoms with E-state index in [9.17, 15) is 19.8 Å². The van der Waals surface area contributed by atoms with Gasteiger partial charge in [-0.15, -0.1) is 0 Å². The van der Waals surface area contributed by atoms with Crippen LogP contribution in [0.5, 0.6) is 5.75 Å². The first-order chi connectivity index (χ1) is 21.6. The van der Waals surface area contributed by atoms with Crippen molar-refractivity contribution in [3.63, 3.8) is 0 Å². The van der Waals surface area contributed by atoms with Crippen LogP contribution in [0, 0.1) is 5.92 Å². The maximum Gasteiger partial charge on any atom is 0.339 e. The molecule has 9 heteroatoms. The molecule has 3 heterocycles. The Morgan fingerprint density at radius 2 is 2.00 bits per heavy atom. The third kappa shape index (κ3) is 5.39. The Labute approximate surface area is 262 Å². The lowest BCUT2D eigenvalue weighted by Gasteiger charge is -2.53. The van der Waals surface area contributed by atoms with Gasteiger partial charge in [0.25, 0.3) is 0 Å². The standard InChI is InChI=1S/C36H40N2O7/c1-4-21(2)33(41)45-35(3)17-23-7-5-6-8-28(23)32(24-9-10-31(37)38-19-24)36(35)18-27-15-25-14-26(13-22(20-40)11-12-39)34(42)43-29(25)16-30(27)44-36/h4-10,14-16,19,22,31-32,38-40H,11-13,17-18,20,37H2,1-3H3. The fourth-order valence-corrected chi connectivity index (χ4v) is 7.05. The minimum absolute atomic E-state index is 0.0780. The molecule has 0 saturated carbocycles. The highest BCUT2D eigenvalue weighted by Crippen LogP contribution is 2.58. The maximum absolute atomic E-state index is 13.4. The van der Waals surface area contributed by atoms with Crippen molar-refractivity contribution in [3.8, 4) is 5.75 Å². The molecule has 0 fully saturated rings. The summed E-state index contributed by atoms with van der Waals surface area (Å²) in [6.07, 6.45) is 8.77. The molecule has 5 N–H and O–H groups in total. The molecule has 9 nitrogen and oxygen atoms in total. The molecule has 1 aromatic heterocycles. The van der Waals surface area contributed by atoms with Gasteiger partial charge in [0.05, 0.1) is 12.1 Å². The summed E-state index contributed by atoms with van der Waals surface area (Å²) < 4.78 is 19.3. The van der Waals surface area contributed by atoms with Crippen molar-refractivity contribution < 1.29 is 28.9 Å². The Balaban J connectivity index is 1.50. The summed E-state index contributed by atoms with van der Waals surface area (Å²) in [7, 11) is 0. The monoisotopic (exact) mass is 612 g/mol. The first kappa shape index (κ1) is 30.8. The van der Waals surface area contributed by atoms with E-state index in [0.29, 0.717) is 48.2 Å². The molecule has 1 aliphatic carbocycles. The van der Waals surface area contributed by atoms with Crippen LogP contribution in [0.4, 0.5) is 0 Å². The SMILES string of the molecule is CC=C(C)C(=O)OC1(C)Cc2ccccc2C(C2=CNC(N)C=C2)C12Cc1cc3cc(CC(CO)CCO)c(=O)oc3cc1O2. The van der Waals surface area contributed by atoms with Gasteiger partial charge < -0.3 is 35.2 Å². The van der Waals surface area contributed by atoms with Crippen LogP contribution in [-0.4, -0.2) is 46.8 Å². The number of hydrogen-bond donors (Lipinski definition) is 4. The third-order valence-corrected chi connectivity index (χ3v) is 9.64. The van der Waals surface area contributed by atoms with Crippen molar-refractivity contribution in [1.82, 2.24) is 5.32 Å². The zero-order chi connectivity index (χ0) is 31.9. The van der Waals surface area contributed by atoms with Gasteiger partial charge in [0.2, 0.25) is 0 Å². The van der Waals surface area contributed by atoms with E-state index in [0.717, 1.165) is 27.6 Å². The van der Waals surface area contributed by atoms with Crippen LogP contribution < -0.4 is 21.4 Å². The van der Waals surface area contributed by atoms with Crippen LogP contribution in [0.3, 0.4) is 0 Å². The van der Waals surface area contributed by atoms with E-state index in [1.807, 2.05) is 50.4 Å². The summed E-state index contributed by atoms with van der Waals surface area (Å²) in [5, 5.41) is 23.1. The molecule has 45 heavy (non-hydrogen) atoms. The predicted molar refractivity (Wildman–Crippen MR) is 171 cm³/mol. The Morgan fingerprint density at radius 1 is 1.20 bits per heavy atom. The second-order valence-electron chi connectivity index (χ2n) is 12.6. The molecule has 0 bridgehead atoms. The molecule has 3 aliphatic rings. The molecule has 2 aromatic carbocycles. The van der Waals surface area contributed by atoms with E-state index < -0.39 is 22.8 Å². The predicted octanol–water partition coefficient (Wildman–Crippen LogP) is 3.94. The molecular formula is C36H40N2O7. The van der Waals surface area contributed by atoms with E-state index in [1.165, 1.54) is 0 Å². The lowest BCUT2D eigenvalue weighted by molar-refractivity contribution is -0.184. The topological polar surface area (TPSA) is 144 Å². The van der Waals surface area contributed by atoms with E-state index in [2.05, 4.69) is 17.4 Å². The fourth-order valence-electron chi connectivity index (χ4n) is 7.05. The van der Waals surface area contributed by atoms with Gasteiger partial charge in [-0.25, -0.2) is 9.59 Å². The number of dihydropyridines is 1. The Morgan fingerprint density at radius 3 is 2.71 bits per heavy atom. The number of rotatable bonds is 8. The van der Waals surface area contributed by atoms with Crippen molar-refractivity contribution in [1.29, 1.82) is 0 Å². The molecule has 6 rings (SSSR count). The smallest absolute Gasteiger partial charge is 0.339 e. The lowest BCUT2D eigenvalue weighted by atomic mass is 9.59. The average Bonchev–Trinajstić information content (AvgIpc) is 3.40. The summed E-state index contributed by atoms with van der Waals surface area (Å²) in [6, 6.07) is 13.7. The first-order valence-electron chi connectivity index (χ1n) is 15.5. The molecule has 236 valence electrons. The zero-order valence-electron chi connectivity index (χ0n) is 25.8. The number of esters is 1. The third-order valence-electron chi connectivity index (χ3n) is 9.64.